The summed E-state index contributed by atoms with van der Waals surface area (Å²) in [5.41, 5.74) is 0. The molecule has 5 nitrogen and oxygen atoms in total. The quantitative estimate of drug-likeness (QED) is 0.835. The van der Waals surface area contributed by atoms with Gasteiger partial charge in [-0.2, -0.15) is 9.64 Å². The molecule has 1 aliphatic rings. The first-order chi connectivity index (χ1) is 9.65. The summed E-state index contributed by atoms with van der Waals surface area (Å²) in [6.45, 7) is 10.1. The molecule has 0 N–H and O–H groups in total. The van der Waals surface area contributed by atoms with E-state index in [0.29, 0.717) is 5.92 Å². The second kappa shape index (κ2) is 7.00. The molecule has 1 unspecified atom stereocenters. The van der Waals surface area contributed by atoms with Crippen LogP contribution in [0.15, 0.2) is 0 Å². The van der Waals surface area contributed by atoms with Crippen LogP contribution in [0.5, 0.6) is 0 Å². The van der Waals surface area contributed by atoms with E-state index in [1.807, 2.05) is 0 Å². The highest BCUT2D eigenvalue weighted by atomic mass is 32.1. The predicted octanol–water partition coefficient (Wildman–Crippen LogP) is 2.48. The third-order valence-electron chi connectivity index (χ3n) is 3.68. The smallest absolute Gasteiger partial charge is 0.205 e. The van der Waals surface area contributed by atoms with Gasteiger partial charge >= 0.3 is 0 Å². The average molecular weight is 293 g/mol. The fourth-order valence-electron chi connectivity index (χ4n) is 2.42. The van der Waals surface area contributed by atoms with E-state index < -0.39 is 0 Å². The van der Waals surface area contributed by atoms with Gasteiger partial charge in [0.05, 0.1) is 12.1 Å². The maximum atomic E-state index is 9.23. The monoisotopic (exact) mass is 293 g/mol. The molecule has 1 aromatic rings. The minimum absolute atomic E-state index is 0.0720. The van der Waals surface area contributed by atoms with Gasteiger partial charge < -0.3 is 4.90 Å². The van der Waals surface area contributed by atoms with Crippen molar-refractivity contribution in [3.05, 3.63) is 5.82 Å². The van der Waals surface area contributed by atoms with E-state index in [0.717, 1.165) is 50.0 Å². The maximum Gasteiger partial charge on any atom is 0.205 e. The predicted molar refractivity (Wildman–Crippen MR) is 82.1 cm³/mol. The Labute approximate surface area is 125 Å². The van der Waals surface area contributed by atoms with Crippen LogP contribution < -0.4 is 4.90 Å². The van der Waals surface area contributed by atoms with Crippen LogP contribution in [0.25, 0.3) is 0 Å². The lowest BCUT2D eigenvalue weighted by molar-refractivity contribution is 0.211. The molecule has 0 bridgehead atoms. The van der Waals surface area contributed by atoms with Gasteiger partial charge in [-0.3, -0.25) is 4.90 Å². The Kier molecular flexibility index (Phi) is 5.32. The first kappa shape index (κ1) is 15.2. The highest BCUT2D eigenvalue weighted by Gasteiger charge is 2.25. The summed E-state index contributed by atoms with van der Waals surface area (Å²) in [5, 5.41) is 10.3. The molecule has 2 heterocycles. The molecule has 1 aliphatic heterocycles. The molecule has 1 saturated heterocycles. The molecule has 1 fully saturated rings. The number of rotatable bonds is 5. The average Bonchev–Trinajstić information content (AvgIpc) is 2.95. The van der Waals surface area contributed by atoms with Crippen molar-refractivity contribution in [3.63, 3.8) is 0 Å². The third kappa shape index (κ3) is 3.47. The van der Waals surface area contributed by atoms with Gasteiger partial charge in [0.25, 0.3) is 0 Å². The van der Waals surface area contributed by atoms with Crippen molar-refractivity contribution in [2.75, 3.05) is 31.1 Å². The van der Waals surface area contributed by atoms with Crippen molar-refractivity contribution in [1.29, 1.82) is 5.26 Å². The third-order valence-corrected chi connectivity index (χ3v) is 4.48. The highest BCUT2D eigenvalue weighted by Crippen LogP contribution is 2.23. The van der Waals surface area contributed by atoms with Crippen molar-refractivity contribution in [1.82, 2.24) is 14.3 Å². The van der Waals surface area contributed by atoms with Gasteiger partial charge in [-0.05, 0) is 6.42 Å². The summed E-state index contributed by atoms with van der Waals surface area (Å²) in [7, 11) is 0. The summed E-state index contributed by atoms with van der Waals surface area (Å²) in [6, 6.07) is 2.50. The molecule has 0 saturated carbocycles. The second-order valence-electron chi connectivity index (χ2n) is 5.55. The summed E-state index contributed by atoms with van der Waals surface area (Å²) in [5.74, 6) is 1.32. The first-order valence-corrected chi connectivity index (χ1v) is 8.15. The summed E-state index contributed by atoms with van der Waals surface area (Å²) in [6.07, 6.45) is 2.03. The van der Waals surface area contributed by atoms with Crippen LogP contribution in [0, 0.1) is 11.3 Å². The lowest BCUT2D eigenvalue weighted by Gasteiger charge is -2.36. The number of hydrogen-bond donors (Lipinski definition) is 0. The SMILES string of the molecule is CCCC(C#N)N1CCN(c2nc(C(C)C)ns2)CC1. The topological polar surface area (TPSA) is 56.1 Å². The number of nitrogens with zero attached hydrogens (tertiary/aromatic N) is 5. The molecule has 20 heavy (non-hydrogen) atoms. The molecule has 110 valence electrons. The summed E-state index contributed by atoms with van der Waals surface area (Å²) >= 11 is 1.49. The Morgan fingerprint density at radius 2 is 2.00 bits per heavy atom. The van der Waals surface area contributed by atoms with E-state index in [-0.39, 0.29) is 6.04 Å². The Bertz CT molecular complexity index is 456. The Balaban J connectivity index is 1.92. The second-order valence-corrected chi connectivity index (χ2v) is 6.28. The number of nitriles is 1. The minimum Gasteiger partial charge on any atom is -0.344 e. The molecule has 0 radical (unpaired) electrons. The molecule has 0 aromatic carbocycles. The molecule has 0 amide bonds. The van der Waals surface area contributed by atoms with Crippen molar-refractivity contribution in [2.45, 2.75) is 45.6 Å². The van der Waals surface area contributed by atoms with Crippen LogP contribution in [0.3, 0.4) is 0 Å². The van der Waals surface area contributed by atoms with Crippen LogP contribution in [-0.2, 0) is 0 Å². The van der Waals surface area contributed by atoms with Crippen molar-refractivity contribution in [3.8, 4) is 6.07 Å². The zero-order chi connectivity index (χ0) is 14.5. The Morgan fingerprint density at radius 3 is 2.50 bits per heavy atom. The van der Waals surface area contributed by atoms with E-state index >= 15 is 0 Å². The van der Waals surface area contributed by atoms with Gasteiger partial charge in [-0.1, -0.05) is 27.2 Å². The number of hydrogen-bond acceptors (Lipinski definition) is 6. The number of anilines is 1. The molecule has 2 rings (SSSR count). The molecular weight excluding hydrogens is 270 g/mol. The van der Waals surface area contributed by atoms with Crippen LogP contribution in [-0.4, -0.2) is 46.5 Å². The molecule has 1 aromatic heterocycles. The zero-order valence-electron chi connectivity index (χ0n) is 12.5. The van der Waals surface area contributed by atoms with Crippen molar-refractivity contribution < 1.29 is 0 Å². The van der Waals surface area contributed by atoms with Gasteiger partial charge in [0.2, 0.25) is 5.13 Å². The lowest BCUT2D eigenvalue weighted by Crippen LogP contribution is -2.50. The van der Waals surface area contributed by atoms with E-state index in [1.165, 1.54) is 11.5 Å². The largest absolute Gasteiger partial charge is 0.344 e. The van der Waals surface area contributed by atoms with Crippen molar-refractivity contribution in [2.24, 2.45) is 0 Å². The Hall–Kier alpha value is -1.19. The fraction of sp³-hybridized carbons (Fsp3) is 0.786. The number of piperazine rings is 1. The Morgan fingerprint density at radius 1 is 1.30 bits per heavy atom. The minimum atomic E-state index is 0.0720. The van der Waals surface area contributed by atoms with E-state index in [2.05, 4.69) is 46.0 Å². The molecule has 1 atom stereocenters. The van der Waals surface area contributed by atoms with Crippen LogP contribution in [0.4, 0.5) is 5.13 Å². The van der Waals surface area contributed by atoms with Crippen molar-refractivity contribution >= 4 is 16.7 Å². The molecule has 6 heteroatoms. The standard InChI is InChI=1S/C14H23N5S/c1-4-5-12(10-15)18-6-8-19(9-7-18)14-16-13(11(2)3)17-20-14/h11-12H,4-9H2,1-3H3. The highest BCUT2D eigenvalue weighted by molar-refractivity contribution is 7.09. The molecular formula is C14H23N5S. The van der Waals surface area contributed by atoms with Gasteiger partial charge in [0.1, 0.15) is 5.82 Å². The summed E-state index contributed by atoms with van der Waals surface area (Å²) < 4.78 is 4.41. The zero-order valence-corrected chi connectivity index (χ0v) is 13.4. The van der Waals surface area contributed by atoms with E-state index in [1.54, 1.807) is 0 Å². The molecule has 0 spiro atoms. The van der Waals surface area contributed by atoms with E-state index in [4.69, 9.17) is 0 Å². The normalized spacial score (nSPS) is 18.2. The maximum absolute atomic E-state index is 9.23. The van der Waals surface area contributed by atoms with Gasteiger partial charge in [-0.15, -0.1) is 0 Å². The molecule has 0 aliphatic carbocycles. The first-order valence-electron chi connectivity index (χ1n) is 7.38. The van der Waals surface area contributed by atoms with Gasteiger partial charge in [0, 0.05) is 43.6 Å². The fourth-order valence-corrected chi connectivity index (χ4v) is 3.28. The number of aromatic nitrogens is 2. The van der Waals surface area contributed by atoms with Gasteiger partial charge in [-0.25, -0.2) is 4.98 Å². The van der Waals surface area contributed by atoms with Crippen LogP contribution in [0.1, 0.15) is 45.4 Å². The lowest BCUT2D eigenvalue weighted by atomic mass is 10.1. The van der Waals surface area contributed by atoms with Gasteiger partial charge in [0.15, 0.2) is 0 Å². The van der Waals surface area contributed by atoms with E-state index in [9.17, 15) is 5.26 Å². The van der Waals surface area contributed by atoms with Crippen LogP contribution >= 0.6 is 11.5 Å². The van der Waals surface area contributed by atoms with Crippen LogP contribution in [0.2, 0.25) is 0 Å². The summed E-state index contributed by atoms with van der Waals surface area (Å²) in [4.78, 5) is 9.20.